The van der Waals surface area contributed by atoms with Gasteiger partial charge < -0.3 is 20.1 Å². The Labute approximate surface area is 153 Å². The molecule has 1 saturated carbocycles. The van der Waals surface area contributed by atoms with Crippen LogP contribution >= 0.6 is 0 Å². The zero-order valence-electron chi connectivity index (χ0n) is 16.4. The lowest BCUT2D eigenvalue weighted by atomic mass is 9.90. The van der Waals surface area contributed by atoms with Crippen molar-refractivity contribution >= 4 is 5.91 Å². The van der Waals surface area contributed by atoms with Crippen molar-refractivity contribution in [1.82, 2.24) is 10.6 Å². The molecule has 0 aromatic carbocycles. The predicted octanol–water partition coefficient (Wildman–Crippen LogP) is 2.88. The summed E-state index contributed by atoms with van der Waals surface area (Å²) in [5, 5.41) is 6.51. The van der Waals surface area contributed by atoms with Crippen LogP contribution in [0.15, 0.2) is 0 Å². The van der Waals surface area contributed by atoms with Crippen LogP contribution in [0.25, 0.3) is 0 Å². The van der Waals surface area contributed by atoms with Gasteiger partial charge in [-0.3, -0.25) is 4.79 Å². The van der Waals surface area contributed by atoms with Gasteiger partial charge in [-0.25, -0.2) is 0 Å². The van der Waals surface area contributed by atoms with Gasteiger partial charge in [0.05, 0.1) is 24.9 Å². The summed E-state index contributed by atoms with van der Waals surface area (Å²) in [6, 6.07) is -0.0829. The van der Waals surface area contributed by atoms with Crippen LogP contribution in [-0.4, -0.2) is 50.5 Å². The van der Waals surface area contributed by atoms with Crippen LogP contribution in [-0.2, 0) is 14.3 Å². The van der Waals surface area contributed by atoms with Crippen LogP contribution in [0.5, 0.6) is 0 Å². The lowest BCUT2D eigenvalue weighted by Crippen LogP contribution is -2.49. The third-order valence-electron chi connectivity index (χ3n) is 5.50. The van der Waals surface area contributed by atoms with Gasteiger partial charge in [0.15, 0.2) is 0 Å². The molecule has 2 fully saturated rings. The van der Waals surface area contributed by atoms with Crippen LogP contribution in [0.3, 0.4) is 0 Å². The second-order valence-electron chi connectivity index (χ2n) is 8.11. The monoisotopic (exact) mass is 354 g/mol. The molecule has 0 radical (unpaired) electrons. The molecule has 1 amide bonds. The minimum Gasteiger partial charge on any atom is -0.376 e. The Kier molecular flexibility index (Phi) is 9.21. The van der Waals surface area contributed by atoms with E-state index in [-0.39, 0.29) is 30.1 Å². The summed E-state index contributed by atoms with van der Waals surface area (Å²) in [4.78, 5) is 12.2. The minimum absolute atomic E-state index is 0.0237. The molecule has 1 aliphatic carbocycles. The molecule has 0 spiro atoms. The highest BCUT2D eigenvalue weighted by atomic mass is 16.5. The maximum atomic E-state index is 12.2. The predicted molar refractivity (Wildman–Crippen MR) is 101 cm³/mol. The average Bonchev–Trinajstić information content (AvgIpc) is 2.64. The topological polar surface area (TPSA) is 59.6 Å². The van der Waals surface area contributed by atoms with Gasteiger partial charge in [0.2, 0.25) is 5.91 Å². The van der Waals surface area contributed by atoms with Crippen molar-refractivity contribution in [2.24, 2.45) is 11.8 Å². The molecule has 0 bridgehead atoms. The van der Waals surface area contributed by atoms with Crippen molar-refractivity contribution in [2.45, 2.75) is 84.0 Å². The van der Waals surface area contributed by atoms with E-state index < -0.39 is 0 Å². The smallest absolute Gasteiger partial charge is 0.222 e. The summed E-state index contributed by atoms with van der Waals surface area (Å²) >= 11 is 0. The van der Waals surface area contributed by atoms with Gasteiger partial charge in [-0.2, -0.15) is 0 Å². The molecule has 25 heavy (non-hydrogen) atoms. The summed E-state index contributed by atoms with van der Waals surface area (Å²) in [5.74, 6) is 0.731. The quantitative estimate of drug-likeness (QED) is 0.668. The van der Waals surface area contributed by atoms with Crippen molar-refractivity contribution < 1.29 is 14.3 Å². The number of piperidine rings is 1. The Morgan fingerprint density at radius 1 is 1.12 bits per heavy atom. The highest BCUT2D eigenvalue weighted by Crippen LogP contribution is 2.24. The summed E-state index contributed by atoms with van der Waals surface area (Å²) in [6.07, 6.45) is 9.04. The molecule has 1 heterocycles. The number of carbonyl (C=O) groups excluding carboxylic acids is 1. The van der Waals surface area contributed by atoms with E-state index in [0.29, 0.717) is 12.5 Å². The first-order chi connectivity index (χ1) is 12.1. The van der Waals surface area contributed by atoms with Gasteiger partial charge in [0.1, 0.15) is 0 Å². The molecule has 2 N–H and O–H groups in total. The first-order valence-corrected chi connectivity index (χ1v) is 10.3. The average molecular weight is 355 g/mol. The number of carbonyl (C=O) groups is 1. The van der Waals surface area contributed by atoms with E-state index in [4.69, 9.17) is 9.47 Å². The number of ether oxygens (including phenoxy) is 2. The maximum Gasteiger partial charge on any atom is 0.222 e. The van der Waals surface area contributed by atoms with E-state index in [9.17, 15) is 4.79 Å². The Morgan fingerprint density at radius 3 is 2.52 bits per heavy atom. The SMILES string of the molecule is CC(C)C(=O)NC(COC1CCCNC1)C(C)OCC1CCCCC1. The fraction of sp³-hybridized carbons (Fsp3) is 0.950. The number of hydrogen-bond acceptors (Lipinski definition) is 4. The molecule has 0 aromatic heterocycles. The van der Waals surface area contributed by atoms with Crippen molar-refractivity contribution in [2.75, 3.05) is 26.3 Å². The molecule has 5 heteroatoms. The Morgan fingerprint density at radius 2 is 1.88 bits per heavy atom. The van der Waals surface area contributed by atoms with Crippen LogP contribution in [0.1, 0.15) is 65.7 Å². The second kappa shape index (κ2) is 11.1. The molecule has 2 aliphatic rings. The molecule has 5 nitrogen and oxygen atoms in total. The van der Waals surface area contributed by atoms with Gasteiger partial charge in [-0.1, -0.05) is 33.1 Å². The normalized spacial score (nSPS) is 24.9. The molecular formula is C20H38N2O3. The maximum absolute atomic E-state index is 12.2. The molecule has 3 unspecified atom stereocenters. The van der Waals surface area contributed by atoms with E-state index in [2.05, 4.69) is 17.6 Å². The Hall–Kier alpha value is -0.650. The molecule has 1 aliphatic heterocycles. The van der Waals surface area contributed by atoms with Crippen molar-refractivity contribution in [1.29, 1.82) is 0 Å². The first kappa shape index (κ1) is 20.7. The van der Waals surface area contributed by atoms with Crippen LogP contribution in [0, 0.1) is 11.8 Å². The molecule has 0 aromatic rings. The van der Waals surface area contributed by atoms with E-state index in [1.54, 1.807) is 0 Å². The molecular weight excluding hydrogens is 316 g/mol. The second-order valence-corrected chi connectivity index (χ2v) is 8.11. The number of rotatable bonds is 9. The summed E-state index contributed by atoms with van der Waals surface area (Å²) < 4.78 is 12.2. The van der Waals surface area contributed by atoms with E-state index in [1.807, 2.05) is 13.8 Å². The van der Waals surface area contributed by atoms with Crippen LogP contribution in [0.4, 0.5) is 0 Å². The zero-order chi connectivity index (χ0) is 18.1. The molecule has 1 saturated heterocycles. The standard InChI is InChI=1S/C20H38N2O3/c1-15(2)20(23)22-19(14-25-18-10-7-11-21-12-18)16(3)24-13-17-8-5-4-6-9-17/h15-19,21H,4-14H2,1-3H3,(H,22,23). The van der Waals surface area contributed by atoms with Crippen molar-refractivity contribution in [3.05, 3.63) is 0 Å². The number of amides is 1. The zero-order valence-corrected chi connectivity index (χ0v) is 16.4. The summed E-state index contributed by atoms with van der Waals surface area (Å²) in [7, 11) is 0. The van der Waals surface area contributed by atoms with Gasteiger partial charge in [0.25, 0.3) is 0 Å². The molecule has 2 rings (SSSR count). The fourth-order valence-electron chi connectivity index (χ4n) is 3.60. The number of nitrogens with one attached hydrogen (secondary N) is 2. The lowest BCUT2D eigenvalue weighted by molar-refractivity contribution is -0.127. The minimum atomic E-state index is -0.0829. The summed E-state index contributed by atoms with van der Waals surface area (Å²) in [5.41, 5.74) is 0. The van der Waals surface area contributed by atoms with Gasteiger partial charge >= 0.3 is 0 Å². The highest BCUT2D eigenvalue weighted by Gasteiger charge is 2.25. The third-order valence-corrected chi connectivity index (χ3v) is 5.50. The largest absolute Gasteiger partial charge is 0.376 e. The van der Waals surface area contributed by atoms with E-state index >= 15 is 0 Å². The summed E-state index contributed by atoms with van der Waals surface area (Å²) in [6.45, 7) is 9.22. The van der Waals surface area contributed by atoms with Crippen LogP contribution in [0.2, 0.25) is 0 Å². The highest BCUT2D eigenvalue weighted by molar-refractivity contribution is 5.78. The first-order valence-electron chi connectivity index (χ1n) is 10.3. The van der Waals surface area contributed by atoms with Crippen molar-refractivity contribution in [3.63, 3.8) is 0 Å². The molecule has 3 atom stereocenters. The van der Waals surface area contributed by atoms with E-state index in [1.165, 1.54) is 32.1 Å². The molecule has 146 valence electrons. The lowest BCUT2D eigenvalue weighted by Gasteiger charge is -2.31. The van der Waals surface area contributed by atoms with Crippen LogP contribution < -0.4 is 10.6 Å². The van der Waals surface area contributed by atoms with Gasteiger partial charge in [0, 0.05) is 19.1 Å². The van der Waals surface area contributed by atoms with Gasteiger partial charge in [-0.15, -0.1) is 0 Å². The number of hydrogen-bond donors (Lipinski definition) is 2. The Balaban J connectivity index is 1.81. The van der Waals surface area contributed by atoms with E-state index in [0.717, 1.165) is 32.5 Å². The van der Waals surface area contributed by atoms with Crippen molar-refractivity contribution in [3.8, 4) is 0 Å². The third kappa shape index (κ3) is 7.63. The Bertz CT molecular complexity index is 377. The fourth-order valence-corrected chi connectivity index (χ4v) is 3.60. The van der Waals surface area contributed by atoms with Gasteiger partial charge in [-0.05, 0) is 45.1 Å².